The first-order valence-corrected chi connectivity index (χ1v) is 9.71. The first-order chi connectivity index (χ1) is 13.8. The lowest BCUT2D eigenvalue weighted by atomic mass is 9.76. The summed E-state index contributed by atoms with van der Waals surface area (Å²) in [5.41, 5.74) is 1.80. The lowest BCUT2D eigenvalue weighted by molar-refractivity contribution is 0.0519. The minimum absolute atomic E-state index is 0.119. The second-order valence-corrected chi connectivity index (χ2v) is 6.92. The van der Waals surface area contributed by atoms with Gasteiger partial charge in [-0.1, -0.05) is 65.9 Å². The van der Waals surface area contributed by atoms with Crippen LogP contribution in [0.15, 0.2) is 66.9 Å². The zero-order chi connectivity index (χ0) is 19.4. The molecule has 3 aromatic rings. The Kier molecular flexibility index (Phi) is 5.21. The van der Waals surface area contributed by atoms with E-state index in [-0.39, 0.29) is 11.7 Å². The van der Waals surface area contributed by atoms with Gasteiger partial charge in [0.25, 0.3) is 0 Å². The van der Waals surface area contributed by atoms with Crippen molar-refractivity contribution in [3.8, 4) is 0 Å². The van der Waals surface area contributed by atoms with Gasteiger partial charge in [-0.05, 0) is 37.4 Å². The molecule has 4 rings (SSSR count). The largest absolute Gasteiger partial charge is 0.461 e. The summed E-state index contributed by atoms with van der Waals surface area (Å²) in [6.07, 6.45) is 3.79. The van der Waals surface area contributed by atoms with Gasteiger partial charge in [-0.2, -0.15) is 0 Å². The smallest absolute Gasteiger partial charge is 0.360 e. The molecule has 0 spiro atoms. The summed E-state index contributed by atoms with van der Waals surface area (Å²) in [4.78, 5) is 12.2. The highest BCUT2D eigenvalue weighted by atomic mass is 16.5. The summed E-state index contributed by atoms with van der Waals surface area (Å²) in [5.74, 6) is -0.455. The third-order valence-electron chi connectivity index (χ3n) is 5.33. The highest BCUT2D eigenvalue weighted by Gasteiger charge is 2.46. The van der Waals surface area contributed by atoms with Crippen molar-refractivity contribution in [3.63, 3.8) is 0 Å². The van der Waals surface area contributed by atoms with Gasteiger partial charge in [0.15, 0.2) is 5.69 Å². The van der Waals surface area contributed by atoms with Gasteiger partial charge in [0.1, 0.15) is 5.54 Å². The maximum Gasteiger partial charge on any atom is 0.360 e. The van der Waals surface area contributed by atoms with Gasteiger partial charge in [-0.25, -0.2) is 9.48 Å². The van der Waals surface area contributed by atoms with Gasteiger partial charge in [0, 0.05) is 6.04 Å². The molecule has 0 amide bonds. The third-order valence-corrected chi connectivity index (χ3v) is 5.33. The lowest BCUT2D eigenvalue weighted by Crippen LogP contribution is -2.51. The Bertz CT molecular complexity index is 878. The van der Waals surface area contributed by atoms with Gasteiger partial charge >= 0.3 is 5.97 Å². The number of nitrogens with one attached hydrogen (secondary N) is 1. The van der Waals surface area contributed by atoms with Gasteiger partial charge in [0.2, 0.25) is 0 Å². The molecule has 1 aromatic heterocycles. The Morgan fingerprint density at radius 2 is 1.79 bits per heavy atom. The Balaban J connectivity index is 1.94. The van der Waals surface area contributed by atoms with Crippen LogP contribution in [0.2, 0.25) is 0 Å². The first-order valence-electron chi connectivity index (χ1n) is 9.71. The molecule has 0 radical (unpaired) electrons. The van der Waals surface area contributed by atoms with E-state index in [1.165, 1.54) is 0 Å². The van der Waals surface area contributed by atoms with Crippen molar-refractivity contribution in [2.45, 2.75) is 31.3 Å². The number of ether oxygens (including phenoxy) is 1. The number of hydrogen-bond acceptors (Lipinski definition) is 5. The van der Waals surface area contributed by atoms with Gasteiger partial charge in [-0.3, -0.25) is 0 Å². The molecule has 0 aliphatic carbocycles. The second-order valence-electron chi connectivity index (χ2n) is 6.92. The first kappa shape index (κ1) is 18.4. The molecule has 1 saturated heterocycles. The van der Waals surface area contributed by atoms with Crippen molar-refractivity contribution >= 4 is 5.97 Å². The van der Waals surface area contributed by atoms with E-state index in [9.17, 15) is 4.79 Å². The Morgan fingerprint density at radius 3 is 2.32 bits per heavy atom. The van der Waals surface area contributed by atoms with Crippen molar-refractivity contribution in [1.82, 2.24) is 20.3 Å². The zero-order valence-corrected chi connectivity index (χ0v) is 15.9. The third kappa shape index (κ3) is 3.10. The fourth-order valence-electron chi connectivity index (χ4n) is 4.15. The molecular weight excluding hydrogens is 352 g/mol. The van der Waals surface area contributed by atoms with Crippen LogP contribution in [-0.2, 0) is 10.3 Å². The predicted molar refractivity (Wildman–Crippen MR) is 106 cm³/mol. The molecule has 2 heterocycles. The molecule has 0 saturated carbocycles. The van der Waals surface area contributed by atoms with Crippen LogP contribution >= 0.6 is 0 Å². The van der Waals surface area contributed by atoms with Crippen molar-refractivity contribution in [2.24, 2.45) is 0 Å². The predicted octanol–water partition coefficient (Wildman–Crippen LogP) is 3.00. The van der Waals surface area contributed by atoms with Gasteiger partial charge in [-0.15, -0.1) is 5.10 Å². The molecule has 2 aromatic carbocycles. The number of aromatic nitrogens is 3. The van der Waals surface area contributed by atoms with Crippen molar-refractivity contribution < 1.29 is 9.53 Å². The topological polar surface area (TPSA) is 69.0 Å². The standard InChI is InChI=1S/C22H24N4O2/c1-2-28-21(27)19-16-26(25-24-19)22(20-14-9-15-23-20,17-10-5-3-6-11-17)18-12-7-4-8-13-18/h3-8,10-13,16,20,23H,2,9,14-15H2,1H3/t20-/m0/s1. The molecule has 0 bridgehead atoms. The average molecular weight is 376 g/mol. The van der Waals surface area contributed by atoms with E-state index in [1.807, 2.05) is 41.1 Å². The van der Waals surface area contributed by atoms with Gasteiger partial charge < -0.3 is 10.1 Å². The number of rotatable bonds is 6. The van der Waals surface area contributed by atoms with E-state index in [0.29, 0.717) is 6.61 Å². The summed E-state index contributed by atoms with van der Waals surface area (Å²) < 4.78 is 6.95. The minimum atomic E-state index is -0.614. The van der Waals surface area contributed by atoms with Crippen molar-refractivity contribution in [2.75, 3.05) is 13.2 Å². The highest BCUT2D eigenvalue weighted by molar-refractivity contribution is 5.86. The van der Waals surface area contributed by atoms with E-state index in [2.05, 4.69) is 39.9 Å². The molecule has 1 aliphatic heterocycles. The minimum Gasteiger partial charge on any atom is -0.461 e. The molecule has 0 unspecified atom stereocenters. The number of nitrogens with zero attached hydrogens (tertiary/aromatic N) is 3. The number of carbonyl (C=O) groups excluding carboxylic acids is 1. The van der Waals surface area contributed by atoms with Crippen LogP contribution in [0.1, 0.15) is 41.4 Å². The molecule has 6 heteroatoms. The summed E-state index contributed by atoms with van der Waals surface area (Å²) in [6, 6.07) is 20.7. The summed E-state index contributed by atoms with van der Waals surface area (Å²) in [7, 11) is 0. The van der Waals surface area contributed by atoms with Crippen LogP contribution in [0.25, 0.3) is 0 Å². The number of carbonyl (C=O) groups is 1. The van der Waals surface area contributed by atoms with E-state index in [1.54, 1.807) is 13.1 Å². The summed E-state index contributed by atoms with van der Waals surface area (Å²) in [6.45, 7) is 3.03. The van der Waals surface area contributed by atoms with Crippen LogP contribution < -0.4 is 5.32 Å². The maximum absolute atomic E-state index is 12.2. The SMILES string of the molecule is CCOC(=O)c1cn(C(c2ccccc2)(c2ccccc2)[C@@H]2CCCN2)nn1. The molecule has 144 valence electrons. The molecule has 1 aliphatic rings. The Hall–Kier alpha value is -2.99. The van der Waals surface area contributed by atoms with E-state index < -0.39 is 11.5 Å². The quantitative estimate of drug-likeness (QED) is 0.670. The molecule has 1 N–H and O–H groups in total. The van der Waals surface area contributed by atoms with Crippen molar-refractivity contribution in [1.29, 1.82) is 0 Å². The fourth-order valence-corrected chi connectivity index (χ4v) is 4.15. The van der Waals surface area contributed by atoms with E-state index >= 15 is 0 Å². The number of hydrogen-bond donors (Lipinski definition) is 1. The Labute approximate surface area is 164 Å². The fraction of sp³-hybridized carbons (Fsp3) is 0.318. The van der Waals surface area contributed by atoms with Crippen LogP contribution in [0, 0.1) is 0 Å². The number of esters is 1. The average Bonchev–Trinajstić information content (AvgIpc) is 3.44. The van der Waals surface area contributed by atoms with Crippen LogP contribution in [0.4, 0.5) is 0 Å². The maximum atomic E-state index is 12.2. The molecule has 1 fully saturated rings. The van der Waals surface area contributed by atoms with Crippen LogP contribution in [-0.4, -0.2) is 40.2 Å². The van der Waals surface area contributed by atoms with Gasteiger partial charge in [0.05, 0.1) is 12.8 Å². The molecular formula is C22H24N4O2. The molecule has 6 nitrogen and oxygen atoms in total. The van der Waals surface area contributed by atoms with Crippen LogP contribution in [0.3, 0.4) is 0 Å². The zero-order valence-electron chi connectivity index (χ0n) is 15.9. The normalized spacial score (nSPS) is 16.8. The summed E-state index contributed by atoms with van der Waals surface area (Å²) >= 11 is 0. The highest BCUT2D eigenvalue weighted by Crippen LogP contribution is 2.40. The van der Waals surface area contributed by atoms with Crippen molar-refractivity contribution in [3.05, 3.63) is 83.7 Å². The van der Waals surface area contributed by atoms with Crippen LogP contribution in [0.5, 0.6) is 0 Å². The molecule has 1 atom stereocenters. The van der Waals surface area contributed by atoms with E-state index in [0.717, 1.165) is 30.5 Å². The monoisotopic (exact) mass is 376 g/mol. The molecule has 28 heavy (non-hydrogen) atoms. The lowest BCUT2D eigenvalue weighted by Gasteiger charge is -2.40. The summed E-state index contributed by atoms with van der Waals surface area (Å²) in [5, 5.41) is 12.2. The number of benzene rings is 2. The Morgan fingerprint density at radius 1 is 1.14 bits per heavy atom. The second kappa shape index (κ2) is 7.94. The van der Waals surface area contributed by atoms with E-state index in [4.69, 9.17) is 4.74 Å².